The van der Waals surface area contributed by atoms with E-state index < -0.39 is 10.8 Å². The summed E-state index contributed by atoms with van der Waals surface area (Å²) in [6.45, 7) is 9.88. The third kappa shape index (κ3) is 7.85. The van der Waals surface area contributed by atoms with Gasteiger partial charge in [-0.3, -0.25) is 0 Å². The Balaban J connectivity index is 0.993. The van der Waals surface area contributed by atoms with Gasteiger partial charge in [-0.25, -0.2) is 0 Å². The SMILES string of the molecule is CC1(C)c2cc(-c3ccccc3)ccc2-c2c(N(c3ccc4ccccc4c3)c3ccc4ccccc4c3)ccc(-c3ccc(N(c4ccc5ccccc5c4)c4ccc5ccccc5c4)c4c3C(C)(C)c3cc(-c5ccccc5)ccc3-4)c21. The summed E-state index contributed by atoms with van der Waals surface area (Å²) in [7, 11) is 0. The average Bonchev–Trinajstić information content (AvgIpc) is 3.32. The van der Waals surface area contributed by atoms with Gasteiger partial charge < -0.3 is 9.80 Å². The third-order valence-electron chi connectivity index (χ3n) is 18.5. The molecule has 0 N–H and O–H groups in total. The van der Waals surface area contributed by atoms with Crippen molar-refractivity contribution in [1.82, 2.24) is 0 Å². The summed E-state index contributed by atoms with van der Waals surface area (Å²) in [6.07, 6.45) is 0. The summed E-state index contributed by atoms with van der Waals surface area (Å²) in [5.41, 5.74) is 23.7. The van der Waals surface area contributed by atoms with Crippen LogP contribution in [0.2, 0.25) is 0 Å². The zero-order chi connectivity index (χ0) is 56.3. The lowest BCUT2D eigenvalue weighted by Crippen LogP contribution is -2.20. The molecule has 0 atom stereocenters. The first kappa shape index (κ1) is 49.5. The van der Waals surface area contributed by atoms with E-state index in [9.17, 15) is 0 Å². The van der Waals surface area contributed by atoms with Gasteiger partial charge in [0.05, 0.1) is 11.4 Å². The molecule has 0 fully saturated rings. The van der Waals surface area contributed by atoms with Crippen LogP contribution in [0.25, 0.3) is 98.7 Å². The number of benzene rings is 14. The van der Waals surface area contributed by atoms with Gasteiger partial charge in [0.2, 0.25) is 0 Å². The molecule has 2 heteroatoms. The van der Waals surface area contributed by atoms with E-state index in [2.05, 4.69) is 329 Å². The second kappa shape index (κ2) is 19.2. The standard InChI is InChI=1S/C82H60N2/c1-81(2)73-51-63(53-19-7-5-8-20-53)35-41-71(73)77-75(83(65-37-31-55-23-11-15-27-59(55)47-65)66-38-32-56-24-12-16-28-60(56)48-66)45-43-69(79(77)81)70-44-46-76(78-72-42-36-64(54-21-9-6-10-22-54)52-74(72)82(3,4)80(70)78)84(67-39-33-57-25-13-17-29-61(57)49-67)68-40-34-58-26-14-18-30-62(58)50-68/h5-52H,1-4H3. The molecule has 0 unspecified atom stereocenters. The minimum absolute atomic E-state index is 0.427. The quantitative estimate of drug-likeness (QED) is 0.142. The highest BCUT2D eigenvalue weighted by atomic mass is 15.2. The fraction of sp³-hybridized carbons (Fsp3) is 0.0732. The topological polar surface area (TPSA) is 6.48 Å². The van der Waals surface area contributed by atoms with Gasteiger partial charge in [-0.15, -0.1) is 0 Å². The van der Waals surface area contributed by atoms with Crippen molar-refractivity contribution >= 4 is 77.2 Å². The van der Waals surface area contributed by atoms with Gasteiger partial charge in [0, 0.05) is 44.7 Å². The van der Waals surface area contributed by atoms with Crippen molar-refractivity contribution in [2.45, 2.75) is 38.5 Å². The molecule has 2 aliphatic carbocycles. The normalized spacial score (nSPS) is 13.4. The summed E-state index contributed by atoms with van der Waals surface area (Å²) in [4.78, 5) is 5.06. The van der Waals surface area contributed by atoms with Crippen molar-refractivity contribution < 1.29 is 0 Å². The maximum absolute atomic E-state index is 2.53. The molecule has 0 saturated heterocycles. The molecule has 0 bridgehead atoms. The smallest absolute Gasteiger partial charge is 0.0543 e. The summed E-state index contributed by atoms with van der Waals surface area (Å²) >= 11 is 0. The molecular weight excluding hydrogens is 1010 g/mol. The third-order valence-corrected chi connectivity index (χ3v) is 18.5. The molecule has 0 spiro atoms. The Morgan fingerprint density at radius 2 is 0.512 bits per heavy atom. The van der Waals surface area contributed by atoms with Crippen LogP contribution in [-0.4, -0.2) is 0 Å². The first-order valence-corrected chi connectivity index (χ1v) is 29.5. The molecule has 14 aromatic rings. The van der Waals surface area contributed by atoms with Crippen LogP contribution in [0.3, 0.4) is 0 Å². The number of hydrogen-bond donors (Lipinski definition) is 0. The van der Waals surface area contributed by atoms with Gasteiger partial charge in [-0.05, 0) is 183 Å². The van der Waals surface area contributed by atoms with Gasteiger partial charge >= 0.3 is 0 Å². The zero-order valence-corrected chi connectivity index (χ0v) is 47.6. The lowest BCUT2D eigenvalue weighted by Gasteiger charge is -2.33. The van der Waals surface area contributed by atoms with Gasteiger partial charge in [-0.1, -0.05) is 246 Å². The lowest BCUT2D eigenvalue weighted by molar-refractivity contribution is 0.655. The molecule has 2 nitrogen and oxygen atoms in total. The second-order valence-electron chi connectivity index (χ2n) is 24.1. The van der Waals surface area contributed by atoms with Gasteiger partial charge in [0.15, 0.2) is 0 Å². The van der Waals surface area contributed by atoms with Crippen molar-refractivity contribution in [2.24, 2.45) is 0 Å². The van der Waals surface area contributed by atoms with Crippen molar-refractivity contribution in [3.63, 3.8) is 0 Å². The van der Waals surface area contributed by atoms with E-state index in [4.69, 9.17) is 0 Å². The number of nitrogens with zero attached hydrogens (tertiary/aromatic N) is 2. The van der Waals surface area contributed by atoms with Crippen molar-refractivity contribution in [1.29, 1.82) is 0 Å². The van der Waals surface area contributed by atoms with Gasteiger partial charge in [0.25, 0.3) is 0 Å². The predicted octanol–water partition coefficient (Wildman–Crippen LogP) is 22.9. The van der Waals surface area contributed by atoms with Crippen molar-refractivity contribution in [3.8, 4) is 55.6 Å². The Kier molecular flexibility index (Phi) is 11.3. The fourth-order valence-electron chi connectivity index (χ4n) is 14.4. The Labute approximate surface area is 491 Å². The largest absolute Gasteiger partial charge is 0.310 e. The molecule has 0 aliphatic heterocycles. The van der Waals surface area contributed by atoms with E-state index in [1.807, 2.05) is 0 Å². The Bertz CT molecular complexity index is 4500. The average molecular weight is 1070 g/mol. The molecule has 0 radical (unpaired) electrons. The molecular formula is C82H60N2. The molecule has 2 aliphatic rings. The molecule has 0 aromatic heterocycles. The van der Waals surface area contributed by atoms with E-state index >= 15 is 0 Å². The summed E-state index contributed by atoms with van der Waals surface area (Å²) < 4.78 is 0. The van der Waals surface area contributed by atoms with Crippen molar-refractivity contribution in [2.75, 3.05) is 9.80 Å². The predicted molar refractivity (Wildman–Crippen MR) is 357 cm³/mol. The second-order valence-corrected chi connectivity index (χ2v) is 24.1. The maximum Gasteiger partial charge on any atom is 0.0543 e. The monoisotopic (exact) mass is 1070 g/mol. The van der Waals surface area contributed by atoms with Crippen LogP contribution in [-0.2, 0) is 10.8 Å². The van der Waals surface area contributed by atoms with Gasteiger partial charge in [-0.2, -0.15) is 0 Å². The Morgan fingerprint density at radius 3 is 0.833 bits per heavy atom. The molecule has 0 heterocycles. The summed E-state index contributed by atoms with van der Waals surface area (Å²) in [5, 5.41) is 9.70. The maximum atomic E-state index is 2.53. The zero-order valence-electron chi connectivity index (χ0n) is 47.6. The first-order valence-electron chi connectivity index (χ1n) is 29.5. The number of anilines is 6. The van der Waals surface area contributed by atoms with Crippen LogP contribution in [0.1, 0.15) is 49.9 Å². The molecule has 0 saturated carbocycles. The minimum atomic E-state index is -0.427. The molecule has 14 aromatic carbocycles. The number of rotatable bonds is 9. The number of hydrogen-bond acceptors (Lipinski definition) is 2. The fourth-order valence-corrected chi connectivity index (χ4v) is 14.4. The molecule has 84 heavy (non-hydrogen) atoms. The first-order chi connectivity index (χ1) is 41.2. The van der Waals surface area contributed by atoms with Crippen LogP contribution >= 0.6 is 0 Å². The molecule has 16 rings (SSSR count). The van der Waals surface area contributed by atoms with Crippen LogP contribution in [0.15, 0.2) is 291 Å². The van der Waals surface area contributed by atoms with Crippen LogP contribution in [0, 0.1) is 0 Å². The van der Waals surface area contributed by atoms with Crippen molar-refractivity contribution in [3.05, 3.63) is 313 Å². The Hall–Kier alpha value is -10.3. The Morgan fingerprint density at radius 1 is 0.226 bits per heavy atom. The van der Waals surface area contributed by atoms with E-state index in [1.165, 1.54) is 121 Å². The summed E-state index contributed by atoms with van der Waals surface area (Å²) in [5.74, 6) is 0. The highest BCUT2D eigenvalue weighted by Crippen LogP contribution is 2.62. The van der Waals surface area contributed by atoms with E-state index in [0.717, 1.165) is 34.1 Å². The van der Waals surface area contributed by atoms with Crippen LogP contribution in [0.4, 0.5) is 34.1 Å². The van der Waals surface area contributed by atoms with E-state index in [-0.39, 0.29) is 0 Å². The molecule has 0 amide bonds. The van der Waals surface area contributed by atoms with Crippen LogP contribution < -0.4 is 9.80 Å². The molecule has 398 valence electrons. The van der Waals surface area contributed by atoms with E-state index in [0.29, 0.717) is 0 Å². The summed E-state index contributed by atoms with van der Waals surface area (Å²) in [6, 6.07) is 109. The lowest BCUT2D eigenvalue weighted by atomic mass is 9.74. The van der Waals surface area contributed by atoms with Gasteiger partial charge in [0.1, 0.15) is 0 Å². The minimum Gasteiger partial charge on any atom is -0.310 e. The van der Waals surface area contributed by atoms with Crippen LogP contribution in [0.5, 0.6) is 0 Å². The van der Waals surface area contributed by atoms with E-state index in [1.54, 1.807) is 0 Å². The highest BCUT2D eigenvalue weighted by Gasteiger charge is 2.45. The number of fused-ring (bicyclic) bond motifs is 10. The highest BCUT2D eigenvalue weighted by molar-refractivity contribution is 6.06.